The van der Waals surface area contributed by atoms with Crippen LogP contribution in [-0.2, 0) is 29.0 Å². The Hall–Kier alpha value is -3.35. The van der Waals surface area contributed by atoms with Crippen LogP contribution in [0.4, 0.5) is 10.5 Å². The lowest BCUT2D eigenvalue weighted by Crippen LogP contribution is -2.43. The predicted molar refractivity (Wildman–Crippen MR) is 110 cm³/mol. The molecule has 3 N–H and O–H groups in total. The van der Waals surface area contributed by atoms with E-state index in [4.69, 9.17) is 5.11 Å². The van der Waals surface area contributed by atoms with Gasteiger partial charge in [-0.2, -0.15) is 0 Å². The maximum Gasteiger partial charge on any atom is 0.317 e. The summed E-state index contributed by atoms with van der Waals surface area (Å²) in [4.78, 5) is 36.9. The van der Waals surface area contributed by atoms with E-state index in [2.05, 4.69) is 16.7 Å². The van der Waals surface area contributed by atoms with Gasteiger partial charge in [-0.05, 0) is 41.7 Å². The third-order valence-corrected chi connectivity index (χ3v) is 4.88. The number of hydrogen-bond acceptors (Lipinski definition) is 3. The predicted octanol–water partition coefficient (Wildman–Crippen LogP) is 2.80. The number of anilines is 1. The second-order valence-electron chi connectivity index (χ2n) is 7.06. The lowest BCUT2D eigenvalue weighted by atomic mass is 10.0. The number of benzene rings is 2. The van der Waals surface area contributed by atoms with E-state index in [0.29, 0.717) is 25.2 Å². The lowest BCUT2D eigenvalue weighted by molar-refractivity contribution is -0.137. The van der Waals surface area contributed by atoms with E-state index >= 15 is 0 Å². The third kappa shape index (κ3) is 6.07. The van der Waals surface area contributed by atoms with E-state index in [1.54, 1.807) is 23.1 Å². The Morgan fingerprint density at radius 2 is 1.79 bits per heavy atom. The van der Waals surface area contributed by atoms with Crippen molar-refractivity contribution in [2.24, 2.45) is 0 Å². The van der Waals surface area contributed by atoms with E-state index in [1.165, 1.54) is 5.56 Å². The van der Waals surface area contributed by atoms with Crippen LogP contribution >= 0.6 is 0 Å². The normalized spacial score (nSPS) is 12.8. The Morgan fingerprint density at radius 1 is 1.00 bits per heavy atom. The molecule has 3 amide bonds. The molecule has 0 atom stereocenters. The SMILES string of the molecule is O=C(O)CCc1cccc(NC(=O)CCNC(=O)N2CCc3ccccc3C2)c1. The fraction of sp³-hybridized carbons (Fsp3) is 0.318. The van der Waals surface area contributed by atoms with Crippen molar-refractivity contribution in [3.8, 4) is 0 Å². The number of urea groups is 1. The Bertz CT molecular complexity index is 897. The van der Waals surface area contributed by atoms with E-state index < -0.39 is 5.97 Å². The van der Waals surface area contributed by atoms with E-state index in [-0.39, 0.29) is 31.3 Å². The zero-order chi connectivity index (χ0) is 20.6. The van der Waals surface area contributed by atoms with Gasteiger partial charge in [0.15, 0.2) is 0 Å². The summed E-state index contributed by atoms with van der Waals surface area (Å²) < 4.78 is 0. The van der Waals surface area contributed by atoms with Crippen LogP contribution in [0.25, 0.3) is 0 Å². The van der Waals surface area contributed by atoms with Gasteiger partial charge >= 0.3 is 12.0 Å². The molecular weight excluding hydrogens is 370 g/mol. The van der Waals surface area contributed by atoms with Gasteiger partial charge in [0, 0.05) is 38.2 Å². The molecule has 2 aromatic rings. The first kappa shape index (κ1) is 20.4. The van der Waals surface area contributed by atoms with Gasteiger partial charge in [-0.3, -0.25) is 9.59 Å². The lowest BCUT2D eigenvalue weighted by Gasteiger charge is -2.28. The molecule has 1 heterocycles. The quantitative estimate of drug-likeness (QED) is 0.671. The van der Waals surface area contributed by atoms with Crippen molar-refractivity contribution < 1.29 is 19.5 Å². The molecule has 0 spiro atoms. The van der Waals surface area contributed by atoms with Gasteiger partial charge in [-0.15, -0.1) is 0 Å². The van der Waals surface area contributed by atoms with Crippen LogP contribution in [0, 0.1) is 0 Å². The monoisotopic (exact) mass is 395 g/mol. The molecule has 0 radical (unpaired) electrons. The summed E-state index contributed by atoms with van der Waals surface area (Å²) in [5.41, 5.74) is 3.91. The molecule has 152 valence electrons. The van der Waals surface area contributed by atoms with Crippen LogP contribution in [0.15, 0.2) is 48.5 Å². The van der Waals surface area contributed by atoms with E-state index in [9.17, 15) is 14.4 Å². The standard InChI is InChI=1S/C22H25N3O4/c26-20(24-19-7-3-4-16(14-19)8-9-21(27)28)10-12-23-22(29)25-13-11-17-5-1-2-6-18(17)15-25/h1-7,14H,8-13,15H2,(H,23,29)(H,24,26)(H,27,28). The fourth-order valence-electron chi connectivity index (χ4n) is 3.34. The molecule has 29 heavy (non-hydrogen) atoms. The zero-order valence-electron chi connectivity index (χ0n) is 16.2. The number of hydrogen-bond donors (Lipinski definition) is 3. The molecule has 0 saturated carbocycles. The number of carbonyl (C=O) groups is 3. The summed E-state index contributed by atoms with van der Waals surface area (Å²) in [6, 6.07) is 15.1. The minimum Gasteiger partial charge on any atom is -0.481 e. The van der Waals surface area contributed by atoms with Crippen molar-refractivity contribution in [1.29, 1.82) is 0 Å². The molecular formula is C22H25N3O4. The van der Waals surface area contributed by atoms with E-state index in [1.807, 2.05) is 24.3 Å². The van der Waals surface area contributed by atoms with Crippen LogP contribution in [0.2, 0.25) is 0 Å². The zero-order valence-corrected chi connectivity index (χ0v) is 16.2. The van der Waals surface area contributed by atoms with Crippen molar-refractivity contribution in [2.45, 2.75) is 32.2 Å². The molecule has 7 heteroatoms. The maximum atomic E-state index is 12.4. The van der Waals surface area contributed by atoms with Crippen LogP contribution in [0.1, 0.15) is 29.5 Å². The summed E-state index contributed by atoms with van der Waals surface area (Å²) in [6.07, 6.45) is 1.45. The number of aryl methyl sites for hydroxylation is 1. The highest BCUT2D eigenvalue weighted by atomic mass is 16.4. The van der Waals surface area contributed by atoms with Crippen LogP contribution in [0.5, 0.6) is 0 Å². The summed E-state index contributed by atoms with van der Waals surface area (Å²) in [7, 11) is 0. The van der Waals surface area contributed by atoms with Crippen molar-refractivity contribution in [3.05, 3.63) is 65.2 Å². The number of carboxylic acid groups (broad SMARTS) is 1. The molecule has 0 fully saturated rings. The third-order valence-electron chi connectivity index (χ3n) is 4.88. The molecule has 1 aliphatic heterocycles. The minimum atomic E-state index is -0.854. The Labute approximate surface area is 169 Å². The molecule has 0 aromatic heterocycles. The van der Waals surface area contributed by atoms with Gasteiger partial charge in [0.1, 0.15) is 0 Å². The summed E-state index contributed by atoms with van der Waals surface area (Å²) in [5.74, 6) is -1.06. The number of nitrogens with zero attached hydrogens (tertiary/aromatic N) is 1. The molecule has 3 rings (SSSR count). The van der Waals surface area contributed by atoms with Crippen molar-refractivity contribution >= 4 is 23.6 Å². The van der Waals surface area contributed by atoms with Crippen molar-refractivity contribution in [3.63, 3.8) is 0 Å². The topological polar surface area (TPSA) is 98.7 Å². The van der Waals surface area contributed by atoms with Gasteiger partial charge in [0.25, 0.3) is 0 Å². The first-order valence-corrected chi connectivity index (χ1v) is 9.71. The number of amides is 3. The van der Waals surface area contributed by atoms with Crippen molar-refractivity contribution in [2.75, 3.05) is 18.4 Å². The molecule has 0 unspecified atom stereocenters. The summed E-state index contributed by atoms with van der Waals surface area (Å²) in [6.45, 7) is 1.50. The Kier molecular flexibility index (Phi) is 6.84. The number of rotatable bonds is 7. The van der Waals surface area contributed by atoms with Gasteiger partial charge in [0.05, 0.1) is 0 Å². The van der Waals surface area contributed by atoms with E-state index in [0.717, 1.165) is 17.5 Å². The summed E-state index contributed by atoms with van der Waals surface area (Å²) >= 11 is 0. The average molecular weight is 395 g/mol. The maximum absolute atomic E-state index is 12.4. The second kappa shape index (κ2) is 9.73. The van der Waals surface area contributed by atoms with Gasteiger partial charge in [-0.25, -0.2) is 4.79 Å². The summed E-state index contributed by atoms with van der Waals surface area (Å²) in [5, 5.41) is 14.4. The number of carboxylic acids is 1. The van der Waals surface area contributed by atoms with Crippen LogP contribution in [0.3, 0.4) is 0 Å². The van der Waals surface area contributed by atoms with Crippen molar-refractivity contribution in [1.82, 2.24) is 10.2 Å². The van der Waals surface area contributed by atoms with Gasteiger partial charge < -0.3 is 20.6 Å². The molecule has 0 saturated heterocycles. The number of nitrogens with one attached hydrogen (secondary N) is 2. The minimum absolute atomic E-state index is 0.0460. The number of fused-ring (bicyclic) bond motifs is 1. The highest BCUT2D eigenvalue weighted by molar-refractivity contribution is 5.91. The number of aliphatic carboxylic acids is 1. The molecule has 0 aliphatic carbocycles. The van der Waals surface area contributed by atoms with Crippen LogP contribution in [-0.4, -0.2) is 41.0 Å². The first-order chi connectivity index (χ1) is 14.0. The molecule has 2 aromatic carbocycles. The molecule has 7 nitrogen and oxygen atoms in total. The highest BCUT2D eigenvalue weighted by Gasteiger charge is 2.20. The smallest absolute Gasteiger partial charge is 0.317 e. The first-order valence-electron chi connectivity index (χ1n) is 9.71. The molecule has 0 bridgehead atoms. The Morgan fingerprint density at radius 3 is 2.59 bits per heavy atom. The number of carbonyl (C=O) groups excluding carboxylic acids is 2. The van der Waals surface area contributed by atoms with Gasteiger partial charge in [-0.1, -0.05) is 36.4 Å². The van der Waals surface area contributed by atoms with Gasteiger partial charge in [0.2, 0.25) is 5.91 Å². The highest BCUT2D eigenvalue weighted by Crippen LogP contribution is 2.18. The largest absolute Gasteiger partial charge is 0.481 e. The Balaban J connectivity index is 1.41. The molecule has 1 aliphatic rings. The fourth-order valence-corrected chi connectivity index (χ4v) is 3.34. The second-order valence-corrected chi connectivity index (χ2v) is 7.06. The average Bonchev–Trinajstić information content (AvgIpc) is 2.72. The van der Waals surface area contributed by atoms with Crippen LogP contribution < -0.4 is 10.6 Å².